The van der Waals surface area contributed by atoms with Gasteiger partial charge in [0, 0.05) is 37.2 Å². The van der Waals surface area contributed by atoms with Crippen molar-refractivity contribution in [3.8, 4) is 0 Å². The van der Waals surface area contributed by atoms with E-state index in [0.717, 1.165) is 31.6 Å². The fraction of sp³-hybridized carbons (Fsp3) is 0.562. The molecule has 1 heterocycles. The van der Waals surface area contributed by atoms with E-state index in [1.54, 1.807) is 6.07 Å². The number of piperazine rings is 1. The third-order valence-electron chi connectivity index (χ3n) is 4.50. The highest BCUT2D eigenvalue weighted by Crippen LogP contribution is 2.29. The molecule has 1 aromatic carbocycles. The standard InChI is InChI=1S/C16H21Cl2N3O/c17-12-5-6-14(18)15(11-12)20-7-9-21(10-8-20)16(22)19-13-3-1-2-4-13/h5-6,11,13H,1-4,7-10H2,(H,19,22). The number of nitrogens with zero attached hydrogens (tertiary/aromatic N) is 2. The summed E-state index contributed by atoms with van der Waals surface area (Å²) in [5.41, 5.74) is 0.949. The summed E-state index contributed by atoms with van der Waals surface area (Å²) in [4.78, 5) is 16.4. The minimum Gasteiger partial charge on any atom is -0.367 e. The smallest absolute Gasteiger partial charge is 0.317 e. The van der Waals surface area contributed by atoms with E-state index in [4.69, 9.17) is 23.2 Å². The zero-order valence-electron chi connectivity index (χ0n) is 12.5. The van der Waals surface area contributed by atoms with Crippen LogP contribution in [0, 0.1) is 0 Å². The maximum Gasteiger partial charge on any atom is 0.317 e. The topological polar surface area (TPSA) is 35.6 Å². The molecule has 0 atom stereocenters. The van der Waals surface area contributed by atoms with Gasteiger partial charge in [-0.25, -0.2) is 4.79 Å². The van der Waals surface area contributed by atoms with Gasteiger partial charge in [0.1, 0.15) is 0 Å². The molecule has 120 valence electrons. The zero-order chi connectivity index (χ0) is 15.5. The van der Waals surface area contributed by atoms with Crippen molar-refractivity contribution >= 4 is 34.9 Å². The Labute approximate surface area is 141 Å². The van der Waals surface area contributed by atoms with E-state index in [0.29, 0.717) is 29.2 Å². The third kappa shape index (κ3) is 3.61. The molecule has 0 radical (unpaired) electrons. The summed E-state index contributed by atoms with van der Waals surface area (Å²) in [6, 6.07) is 5.94. The average molecular weight is 342 g/mol. The molecule has 22 heavy (non-hydrogen) atoms. The molecule has 0 bridgehead atoms. The number of rotatable bonds is 2. The quantitative estimate of drug-likeness (QED) is 0.888. The van der Waals surface area contributed by atoms with Gasteiger partial charge in [-0.1, -0.05) is 36.0 Å². The Morgan fingerprint density at radius 1 is 1.09 bits per heavy atom. The number of anilines is 1. The fourth-order valence-corrected chi connectivity index (χ4v) is 3.62. The van der Waals surface area contributed by atoms with Gasteiger partial charge in [-0.15, -0.1) is 0 Å². The van der Waals surface area contributed by atoms with E-state index in [9.17, 15) is 4.79 Å². The normalized spacial score (nSPS) is 19.5. The summed E-state index contributed by atoms with van der Waals surface area (Å²) in [7, 11) is 0. The largest absolute Gasteiger partial charge is 0.367 e. The molecule has 4 nitrogen and oxygen atoms in total. The van der Waals surface area contributed by atoms with Crippen molar-refractivity contribution in [1.82, 2.24) is 10.2 Å². The van der Waals surface area contributed by atoms with Crippen molar-refractivity contribution in [2.75, 3.05) is 31.1 Å². The number of nitrogens with one attached hydrogen (secondary N) is 1. The number of hydrogen-bond donors (Lipinski definition) is 1. The zero-order valence-corrected chi connectivity index (χ0v) is 14.0. The van der Waals surface area contributed by atoms with E-state index in [1.807, 2.05) is 17.0 Å². The van der Waals surface area contributed by atoms with Gasteiger partial charge >= 0.3 is 6.03 Å². The molecule has 1 saturated carbocycles. The maximum absolute atomic E-state index is 12.3. The molecule has 2 amide bonds. The maximum atomic E-state index is 12.3. The predicted octanol–water partition coefficient (Wildman–Crippen LogP) is 3.77. The van der Waals surface area contributed by atoms with Crippen molar-refractivity contribution in [1.29, 1.82) is 0 Å². The lowest BCUT2D eigenvalue weighted by Crippen LogP contribution is -2.53. The molecule has 0 unspecified atom stereocenters. The minimum atomic E-state index is 0.0729. The monoisotopic (exact) mass is 341 g/mol. The number of halogens is 2. The van der Waals surface area contributed by atoms with E-state index >= 15 is 0 Å². The number of benzene rings is 1. The van der Waals surface area contributed by atoms with Gasteiger partial charge in [0.25, 0.3) is 0 Å². The first-order chi connectivity index (χ1) is 10.6. The Kier molecular flexibility index (Phi) is 4.99. The van der Waals surface area contributed by atoms with E-state index < -0.39 is 0 Å². The molecule has 2 fully saturated rings. The Morgan fingerprint density at radius 2 is 1.77 bits per heavy atom. The minimum absolute atomic E-state index is 0.0729. The summed E-state index contributed by atoms with van der Waals surface area (Å²) in [6.07, 6.45) is 4.69. The molecule has 1 aromatic rings. The molecule has 1 aliphatic carbocycles. The van der Waals surface area contributed by atoms with Crippen LogP contribution >= 0.6 is 23.2 Å². The number of urea groups is 1. The lowest BCUT2D eigenvalue weighted by molar-refractivity contribution is 0.190. The van der Waals surface area contributed by atoms with Crippen molar-refractivity contribution in [3.63, 3.8) is 0 Å². The number of carbonyl (C=O) groups excluding carboxylic acids is 1. The van der Waals surface area contributed by atoms with E-state index in [1.165, 1.54) is 12.8 Å². The molecule has 1 N–H and O–H groups in total. The van der Waals surface area contributed by atoms with Crippen LogP contribution in [0.3, 0.4) is 0 Å². The first-order valence-corrected chi connectivity index (χ1v) is 8.64. The number of amides is 2. The van der Waals surface area contributed by atoms with Crippen LogP contribution in [0.5, 0.6) is 0 Å². The molecule has 1 aliphatic heterocycles. The van der Waals surface area contributed by atoms with Crippen LogP contribution in [0.1, 0.15) is 25.7 Å². The first-order valence-electron chi connectivity index (χ1n) is 7.89. The van der Waals surface area contributed by atoms with Gasteiger partial charge < -0.3 is 15.1 Å². The SMILES string of the molecule is O=C(NC1CCCC1)N1CCN(c2cc(Cl)ccc2Cl)CC1. The van der Waals surface area contributed by atoms with Gasteiger partial charge in [0.05, 0.1) is 10.7 Å². The molecule has 6 heteroatoms. The van der Waals surface area contributed by atoms with Crippen LogP contribution in [0.2, 0.25) is 10.0 Å². The van der Waals surface area contributed by atoms with Crippen LogP contribution < -0.4 is 10.2 Å². The van der Waals surface area contributed by atoms with Gasteiger partial charge in [-0.2, -0.15) is 0 Å². The molecule has 1 saturated heterocycles. The second-order valence-electron chi connectivity index (χ2n) is 6.00. The number of hydrogen-bond acceptors (Lipinski definition) is 2. The summed E-state index contributed by atoms with van der Waals surface area (Å²) < 4.78 is 0. The Morgan fingerprint density at radius 3 is 2.45 bits per heavy atom. The predicted molar refractivity (Wildman–Crippen MR) is 91.0 cm³/mol. The highest BCUT2D eigenvalue weighted by molar-refractivity contribution is 6.35. The lowest BCUT2D eigenvalue weighted by atomic mass is 10.2. The molecular formula is C16H21Cl2N3O. The van der Waals surface area contributed by atoms with Crippen molar-refractivity contribution in [2.45, 2.75) is 31.7 Å². The molecule has 0 spiro atoms. The van der Waals surface area contributed by atoms with Crippen molar-refractivity contribution < 1.29 is 4.79 Å². The van der Waals surface area contributed by atoms with Gasteiger partial charge in [0.2, 0.25) is 0 Å². The van der Waals surface area contributed by atoms with Crippen molar-refractivity contribution in [2.24, 2.45) is 0 Å². The van der Waals surface area contributed by atoms with Gasteiger partial charge in [-0.05, 0) is 31.0 Å². The van der Waals surface area contributed by atoms with Crippen LogP contribution in [-0.4, -0.2) is 43.2 Å². The number of carbonyl (C=O) groups is 1. The molecule has 3 rings (SSSR count). The van der Waals surface area contributed by atoms with Crippen LogP contribution in [0.15, 0.2) is 18.2 Å². The van der Waals surface area contributed by atoms with E-state index in [2.05, 4.69) is 10.2 Å². The lowest BCUT2D eigenvalue weighted by Gasteiger charge is -2.37. The van der Waals surface area contributed by atoms with Crippen LogP contribution in [-0.2, 0) is 0 Å². The van der Waals surface area contributed by atoms with E-state index in [-0.39, 0.29) is 6.03 Å². The fourth-order valence-electron chi connectivity index (χ4n) is 3.21. The summed E-state index contributed by atoms with van der Waals surface area (Å²) in [5.74, 6) is 0. The van der Waals surface area contributed by atoms with Gasteiger partial charge in [0.15, 0.2) is 0 Å². The second-order valence-corrected chi connectivity index (χ2v) is 6.84. The Hall–Kier alpha value is -1.13. The summed E-state index contributed by atoms with van der Waals surface area (Å²) in [6.45, 7) is 2.97. The summed E-state index contributed by atoms with van der Waals surface area (Å²) in [5, 5.41) is 4.53. The molecule has 0 aromatic heterocycles. The van der Waals surface area contributed by atoms with Crippen molar-refractivity contribution in [3.05, 3.63) is 28.2 Å². The first kappa shape index (κ1) is 15.8. The Balaban J connectivity index is 1.55. The Bertz CT molecular complexity index is 538. The highest BCUT2D eigenvalue weighted by Gasteiger charge is 2.25. The van der Waals surface area contributed by atoms with Crippen LogP contribution in [0.4, 0.5) is 10.5 Å². The molecular weight excluding hydrogens is 321 g/mol. The molecule has 2 aliphatic rings. The summed E-state index contributed by atoms with van der Waals surface area (Å²) >= 11 is 12.3. The average Bonchev–Trinajstić information content (AvgIpc) is 3.03. The second kappa shape index (κ2) is 6.97. The van der Waals surface area contributed by atoms with Crippen LogP contribution in [0.25, 0.3) is 0 Å². The third-order valence-corrected chi connectivity index (χ3v) is 5.05. The highest BCUT2D eigenvalue weighted by atomic mass is 35.5. The van der Waals surface area contributed by atoms with Gasteiger partial charge in [-0.3, -0.25) is 0 Å².